The second kappa shape index (κ2) is 7.68. The van der Waals surface area contributed by atoms with Gasteiger partial charge in [-0.05, 0) is 69.2 Å². The van der Waals surface area contributed by atoms with E-state index in [4.69, 9.17) is 9.47 Å². The van der Waals surface area contributed by atoms with Crippen LogP contribution in [0.1, 0.15) is 25.0 Å². The van der Waals surface area contributed by atoms with Gasteiger partial charge in [0, 0.05) is 5.69 Å². The summed E-state index contributed by atoms with van der Waals surface area (Å²) in [7, 11) is 0. The largest absolute Gasteiger partial charge is 0.494 e. The van der Waals surface area contributed by atoms with Crippen LogP contribution in [0.15, 0.2) is 42.5 Å². The van der Waals surface area contributed by atoms with Crippen LogP contribution >= 0.6 is 0 Å². The highest BCUT2D eigenvalue weighted by Crippen LogP contribution is 2.21. The first-order chi connectivity index (χ1) is 11.0. The molecule has 1 atom stereocenters. The van der Waals surface area contributed by atoms with Crippen molar-refractivity contribution >= 4 is 11.6 Å². The second-order valence-electron chi connectivity index (χ2n) is 5.48. The summed E-state index contributed by atoms with van der Waals surface area (Å²) >= 11 is 0. The third-order valence-electron chi connectivity index (χ3n) is 3.45. The molecule has 4 nitrogen and oxygen atoms in total. The summed E-state index contributed by atoms with van der Waals surface area (Å²) < 4.78 is 11.2. The lowest BCUT2D eigenvalue weighted by Crippen LogP contribution is -2.30. The molecule has 1 amide bonds. The van der Waals surface area contributed by atoms with E-state index in [9.17, 15) is 4.79 Å². The molecule has 0 fully saturated rings. The highest BCUT2D eigenvalue weighted by molar-refractivity contribution is 5.94. The van der Waals surface area contributed by atoms with Crippen molar-refractivity contribution in [3.05, 3.63) is 53.6 Å². The van der Waals surface area contributed by atoms with Crippen LogP contribution in [0.25, 0.3) is 0 Å². The third kappa shape index (κ3) is 4.74. The van der Waals surface area contributed by atoms with Gasteiger partial charge in [-0.15, -0.1) is 0 Å². The van der Waals surface area contributed by atoms with Gasteiger partial charge in [-0.1, -0.05) is 12.1 Å². The first kappa shape index (κ1) is 16.9. The minimum Gasteiger partial charge on any atom is -0.494 e. The van der Waals surface area contributed by atoms with Crippen molar-refractivity contribution in [1.82, 2.24) is 0 Å². The number of ether oxygens (including phenoxy) is 2. The fraction of sp³-hybridized carbons (Fsp3) is 0.316. The van der Waals surface area contributed by atoms with Gasteiger partial charge in [0.15, 0.2) is 6.10 Å². The second-order valence-corrected chi connectivity index (χ2v) is 5.48. The van der Waals surface area contributed by atoms with Crippen LogP contribution in [0.2, 0.25) is 0 Å². The molecule has 0 spiro atoms. The van der Waals surface area contributed by atoms with Gasteiger partial charge in [-0.2, -0.15) is 0 Å². The van der Waals surface area contributed by atoms with Gasteiger partial charge in [0.1, 0.15) is 11.5 Å². The maximum Gasteiger partial charge on any atom is 0.265 e. The molecule has 1 N–H and O–H groups in total. The molecule has 0 aromatic heterocycles. The molecule has 2 rings (SSSR count). The molecule has 0 saturated heterocycles. The van der Waals surface area contributed by atoms with Crippen molar-refractivity contribution in [2.75, 3.05) is 11.9 Å². The lowest BCUT2D eigenvalue weighted by Gasteiger charge is -2.17. The highest BCUT2D eigenvalue weighted by Gasteiger charge is 2.16. The first-order valence-electron chi connectivity index (χ1n) is 7.77. The van der Waals surface area contributed by atoms with Gasteiger partial charge in [0.05, 0.1) is 6.61 Å². The summed E-state index contributed by atoms with van der Waals surface area (Å²) in [6.07, 6.45) is -0.581. The summed E-state index contributed by atoms with van der Waals surface area (Å²) in [5.41, 5.74) is 2.83. The summed E-state index contributed by atoms with van der Waals surface area (Å²) in [6.45, 7) is 8.25. The topological polar surface area (TPSA) is 47.6 Å². The van der Waals surface area contributed by atoms with E-state index in [1.165, 1.54) is 0 Å². The predicted molar refractivity (Wildman–Crippen MR) is 92.2 cm³/mol. The maximum absolute atomic E-state index is 12.3. The molecule has 4 heteroatoms. The van der Waals surface area contributed by atoms with Crippen LogP contribution in [-0.2, 0) is 4.79 Å². The van der Waals surface area contributed by atoms with Gasteiger partial charge in [0.2, 0.25) is 0 Å². The Labute approximate surface area is 137 Å². The van der Waals surface area contributed by atoms with Crippen LogP contribution < -0.4 is 14.8 Å². The molecule has 1 unspecified atom stereocenters. The molecule has 2 aromatic rings. The zero-order valence-electron chi connectivity index (χ0n) is 14.1. The first-order valence-corrected chi connectivity index (χ1v) is 7.77. The fourth-order valence-electron chi connectivity index (χ4n) is 2.12. The van der Waals surface area contributed by atoms with Crippen molar-refractivity contribution in [2.45, 2.75) is 33.8 Å². The standard InChI is InChI=1S/C19H23NO3/c1-5-22-17-10-8-16(9-11-17)20-19(21)15(4)23-18-12-13(2)6-7-14(18)3/h6-12,15H,5H2,1-4H3,(H,20,21). The van der Waals surface area contributed by atoms with E-state index in [2.05, 4.69) is 5.32 Å². The number of nitrogens with one attached hydrogen (secondary N) is 1. The summed E-state index contributed by atoms with van der Waals surface area (Å²) in [5, 5.41) is 2.85. The molecule has 0 bridgehead atoms. The van der Waals surface area contributed by atoms with E-state index in [1.807, 2.05) is 63.2 Å². The number of amides is 1. The van der Waals surface area contributed by atoms with Gasteiger partial charge in [0.25, 0.3) is 5.91 Å². The van der Waals surface area contributed by atoms with Gasteiger partial charge >= 0.3 is 0 Å². The summed E-state index contributed by atoms with van der Waals surface area (Å²) in [6, 6.07) is 13.2. The number of carbonyl (C=O) groups is 1. The Morgan fingerprint density at radius 3 is 2.48 bits per heavy atom. The number of rotatable bonds is 6. The van der Waals surface area contributed by atoms with Gasteiger partial charge in [-0.3, -0.25) is 4.79 Å². The number of benzene rings is 2. The molecule has 0 aliphatic rings. The molecule has 0 radical (unpaired) electrons. The van der Waals surface area contributed by atoms with E-state index in [1.54, 1.807) is 6.92 Å². The normalized spacial score (nSPS) is 11.7. The number of carbonyl (C=O) groups excluding carboxylic acids is 1. The maximum atomic E-state index is 12.3. The Bertz CT molecular complexity index is 665. The fourth-order valence-corrected chi connectivity index (χ4v) is 2.12. The number of anilines is 1. The molecule has 23 heavy (non-hydrogen) atoms. The Morgan fingerprint density at radius 2 is 1.83 bits per heavy atom. The zero-order chi connectivity index (χ0) is 16.8. The van der Waals surface area contributed by atoms with E-state index in [0.29, 0.717) is 6.61 Å². The average Bonchev–Trinajstić information content (AvgIpc) is 2.53. The van der Waals surface area contributed by atoms with Crippen molar-refractivity contribution in [3.63, 3.8) is 0 Å². The number of hydrogen-bond donors (Lipinski definition) is 1. The van der Waals surface area contributed by atoms with Crippen molar-refractivity contribution in [1.29, 1.82) is 0 Å². The molecule has 2 aromatic carbocycles. The minimum absolute atomic E-state index is 0.185. The molecular weight excluding hydrogens is 290 g/mol. The molecule has 0 heterocycles. The number of aryl methyl sites for hydroxylation is 2. The smallest absolute Gasteiger partial charge is 0.265 e. The molecular formula is C19H23NO3. The van der Waals surface area contributed by atoms with Crippen molar-refractivity contribution in [3.8, 4) is 11.5 Å². The van der Waals surface area contributed by atoms with E-state index in [0.717, 1.165) is 28.3 Å². The van der Waals surface area contributed by atoms with Crippen LogP contribution in [0.3, 0.4) is 0 Å². The van der Waals surface area contributed by atoms with Crippen LogP contribution in [0.5, 0.6) is 11.5 Å². The highest BCUT2D eigenvalue weighted by atomic mass is 16.5. The van der Waals surface area contributed by atoms with E-state index < -0.39 is 6.10 Å². The molecule has 0 saturated carbocycles. The van der Waals surface area contributed by atoms with E-state index in [-0.39, 0.29) is 5.91 Å². The monoisotopic (exact) mass is 313 g/mol. The van der Waals surface area contributed by atoms with E-state index >= 15 is 0 Å². The van der Waals surface area contributed by atoms with Crippen LogP contribution in [-0.4, -0.2) is 18.6 Å². The lowest BCUT2D eigenvalue weighted by atomic mass is 10.1. The SMILES string of the molecule is CCOc1ccc(NC(=O)C(C)Oc2cc(C)ccc2C)cc1. The quantitative estimate of drug-likeness (QED) is 0.873. The summed E-state index contributed by atoms with van der Waals surface area (Å²) in [5.74, 6) is 1.33. The molecule has 122 valence electrons. The Balaban J connectivity index is 1.98. The predicted octanol–water partition coefficient (Wildman–Crippen LogP) is 4.11. The number of hydrogen-bond acceptors (Lipinski definition) is 3. The minimum atomic E-state index is -0.581. The molecule has 0 aliphatic heterocycles. The Hall–Kier alpha value is -2.49. The lowest BCUT2D eigenvalue weighted by molar-refractivity contribution is -0.122. The zero-order valence-corrected chi connectivity index (χ0v) is 14.1. The average molecular weight is 313 g/mol. The summed E-state index contributed by atoms with van der Waals surface area (Å²) in [4.78, 5) is 12.3. The Morgan fingerprint density at radius 1 is 1.13 bits per heavy atom. The van der Waals surface area contributed by atoms with Crippen LogP contribution in [0, 0.1) is 13.8 Å². The van der Waals surface area contributed by atoms with Crippen molar-refractivity contribution < 1.29 is 14.3 Å². The third-order valence-corrected chi connectivity index (χ3v) is 3.45. The van der Waals surface area contributed by atoms with Crippen LogP contribution in [0.4, 0.5) is 5.69 Å². The molecule has 0 aliphatic carbocycles. The van der Waals surface area contributed by atoms with Crippen molar-refractivity contribution in [2.24, 2.45) is 0 Å². The van der Waals surface area contributed by atoms with Gasteiger partial charge in [-0.25, -0.2) is 0 Å². The Kier molecular flexibility index (Phi) is 5.63. The van der Waals surface area contributed by atoms with Gasteiger partial charge < -0.3 is 14.8 Å².